The average Bonchev–Trinajstić information content (AvgIpc) is 3.16. The Balaban J connectivity index is 1.51. The molecule has 152 valence electrons. The van der Waals surface area contributed by atoms with Crippen LogP contribution in [0.1, 0.15) is 15.9 Å². The van der Waals surface area contributed by atoms with Crippen LogP contribution in [0.3, 0.4) is 0 Å². The summed E-state index contributed by atoms with van der Waals surface area (Å²) in [6.45, 7) is 1.90. The molecule has 4 rings (SSSR count). The van der Waals surface area contributed by atoms with Gasteiger partial charge in [0.1, 0.15) is 0 Å². The lowest BCUT2D eigenvalue weighted by Gasteiger charge is -2.20. The summed E-state index contributed by atoms with van der Waals surface area (Å²) in [4.78, 5) is 20.1. The number of amides is 1. The SMILES string of the molecule is Cc1ccc(S(=O)(=O)N(C)c2ccc(C(=O)Nc3nc4ccccc4[nH]3)cc2)cc1. The second-order valence-corrected chi connectivity index (χ2v) is 8.86. The molecule has 0 fully saturated rings. The molecule has 0 bridgehead atoms. The van der Waals surface area contributed by atoms with Crippen molar-refractivity contribution in [3.63, 3.8) is 0 Å². The van der Waals surface area contributed by atoms with E-state index in [9.17, 15) is 13.2 Å². The molecule has 0 radical (unpaired) electrons. The summed E-state index contributed by atoms with van der Waals surface area (Å²) in [6, 6.07) is 20.5. The number of aromatic amines is 1. The van der Waals surface area contributed by atoms with Crippen molar-refractivity contribution in [2.75, 3.05) is 16.7 Å². The number of hydrogen-bond donors (Lipinski definition) is 2. The quantitative estimate of drug-likeness (QED) is 0.511. The predicted octanol–water partition coefficient (Wildman–Crippen LogP) is 3.95. The van der Waals surface area contributed by atoms with Crippen LogP contribution in [-0.4, -0.2) is 31.3 Å². The van der Waals surface area contributed by atoms with Crippen molar-refractivity contribution in [2.24, 2.45) is 0 Å². The number of rotatable bonds is 5. The third-order valence-electron chi connectivity index (χ3n) is 4.79. The molecular weight excluding hydrogens is 400 g/mol. The van der Waals surface area contributed by atoms with E-state index in [-0.39, 0.29) is 10.8 Å². The summed E-state index contributed by atoms with van der Waals surface area (Å²) in [6.07, 6.45) is 0. The lowest BCUT2D eigenvalue weighted by molar-refractivity contribution is 0.102. The van der Waals surface area contributed by atoms with Gasteiger partial charge >= 0.3 is 0 Å². The third-order valence-corrected chi connectivity index (χ3v) is 6.59. The van der Waals surface area contributed by atoms with Crippen molar-refractivity contribution in [1.82, 2.24) is 9.97 Å². The molecule has 1 heterocycles. The fourth-order valence-electron chi connectivity index (χ4n) is 3.02. The Kier molecular flexibility index (Phi) is 5.01. The van der Waals surface area contributed by atoms with Gasteiger partial charge in [0.05, 0.1) is 21.6 Å². The number of carbonyl (C=O) groups excluding carboxylic acids is 1. The number of nitrogens with zero attached hydrogens (tertiary/aromatic N) is 2. The van der Waals surface area contributed by atoms with Gasteiger partial charge < -0.3 is 4.98 Å². The highest BCUT2D eigenvalue weighted by Gasteiger charge is 2.21. The molecule has 0 aliphatic heterocycles. The summed E-state index contributed by atoms with van der Waals surface area (Å²) < 4.78 is 26.8. The summed E-state index contributed by atoms with van der Waals surface area (Å²) in [7, 11) is -2.20. The minimum Gasteiger partial charge on any atom is -0.324 e. The first-order chi connectivity index (χ1) is 14.3. The predicted molar refractivity (Wildman–Crippen MR) is 117 cm³/mol. The van der Waals surface area contributed by atoms with E-state index < -0.39 is 10.0 Å². The largest absolute Gasteiger partial charge is 0.324 e. The molecule has 0 aliphatic carbocycles. The number of benzene rings is 3. The Labute approximate surface area is 174 Å². The van der Waals surface area contributed by atoms with E-state index in [1.54, 1.807) is 48.5 Å². The zero-order valence-corrected chi connectivity index (χ0v) is 17.3. The monoisotopic (exact) mass is 420 g/mol. The van der Waals surface area contributed by atoms with E-state index in [0.717, 1.165) is 16.6 Å². The number of anilines is 2. The molecule has 8 heteroatoms. The van der Waals surface area contributed by atoms with Gasteiger partial charge in [-0.2, -0.15) is 0 Å². The number of nitrogens with one attached hydrogen (secondary N) is 2. The number of aryl methyl sites for hydroxylation is 1. The molecule has 0 atom stereocenters. The molecule has 1 aromatic heterocycles. The molecule has 0 saturated heterocycles. The van der Waals surface area contributed by atoms with Crippen LogP contribution in [0, 0.1) is 6.92 Å². The van der Waals surface area contributed by atoms with Crippen LogP contribution in [0.25, 0.3) is 11.0 Å². The van der Waals surface area contributed by atoms with Gasteiger partial charge in [-0.1, -0.05) is 29.8 Å². The standard InChI is InChI=1S/C22H20N4O3S/c1-15-7-13-18(14-8-15)30(28,29)26(2)17-11-9-16(10-12-17)21(27)25-22-23-19-5-3-4-6-20(19)24-22/h3-14H,1-2H3,(H2,23,24,25,27). The molecule has 0 aliphatic rings. The second kappa shape index (κ2) is 7.64. The number of H-pyrrole nitrogens is 1. The minimum absolute atomic E-state index is 0.210. The number of sulfonamides is 1. The van der Waals surface area contributed by atoms with Crippen molar-refractivity contribution in [3.8, 4) is 0 Å². The van der Waals surface area contributed by atoms with Crippen LogP contribution >= 0.6 is 0 Å². The maximum absolute atomic E-state index is 12.8. The van der Waals surface area contributed by atoms with Gasteiger partial charge in [0.2, 0.25) is 5.95 Å². The van der Waals surface area contributed by atoms with Crippen molar-refractivity contribution < 1.29 is 13.2 Å². The highest BCUT2D eigenvalue weighted by atomic mass is 32.2. The number of para-hydroxylation sites is 2. The van der Waals surface area contributed by atoms with Gasteiger partial charge in [-0.05, 0) is 55.5 Å². The third kappa shape index (κ3) is 3.77. The molecular formula is C22H20N4O3S. The van der Waals surface area contributed by atoms with E-state index in [4.69, 9.17) is 0 Å². The number of aromatic nitrogens is 2. The van der Waals surface area contributed by atoms with Gasteiger partial charge in [0, 0.05) is 12.6 Å². The Morgan fingerprint density at radius 3 is 2.30 bits per heavy atom. The van der Waals surface area contributed by atoms with Crippen molar-refractivity contribution in [3.05, 3.63) is 83.9 Å². The Hall–Kier alpha value is -3.65. The van der Waals surface area contributed by atoms with Crippen molar-refractivity contribution in [1.29, 1.82) is 0 Å². The second-order valence-electron chi connectivity index (χ2n) is 6.89. The number of carbonyl (C=O) groups is 1. The molecule has 3 aromatic carbocycles. The van der Waals surface area contributed by atoms with Crippen molar-refractivity contribution in [2.45, 2.75) is 11.8 Å². The van der Waals surface area contributed by atoms with E-state index >= 15 is 0 Å². The first kappa shape index (κ1) is 19.7. The van der Waals surface area contributed by atoms with Crippen LogP contribution < -0.4 is 9.62 Å². The summed E-state index contributed by atoms with van der Waals surface area (Å²) >= 11 is 0. The van der Waals surface area contributed by atoms with Gasteiger partial charge in [0.15, 0.2) is 0 Å². The van der Waals surface area contributed by atoms with Gasteiger partial charge in [-0.25, -0.2) is 13.4 Å². The molecule has 1 amide bonds. The summed E-state index contributed by atoms with van der Waals surface area (Å²) in [5.74, 6) is 0.00833. The van der Waals surface area contributed by atoms with Gasteiger partial charge in [0.25, 0.3) is 15.9 Å². The lowest BCUT2D eigenvalue weighted by Crippen LogP contribution is -2.26. The fourth-order valence-corrected chi connectivity index (χ4v) is 4.22. The fraction of sp³-hybridized carbons (Fsp3) is 0.0909. The van der Waals surface area contributed by atoms with Crippen LogP contribution in [0.5, 0.6) is 0 Å². The average molecular weight is 420 g/mol. The molecule has 30 heavy (non-hydrogen) atoms. The van der Waals surface area contributed by atoms with Crippen LogP contribution in [0.15, 0.2) is 77.7 Å². The smallest absolute Gasteiger partial charge is 0.264 e. The van der Waals surface area contributed by atoms with Crippen LogP contribution in [0.4, 0.5) is 11.6 Å². The highest BCUT2D eigenvalue weighted by molar-refractivity contribution is 7.92. The lowest BCUT2D eigenvalue weighted by atomic mass is 10.2. The van der Waals surface area contributed by atoms with Crippen LogP contribution in [0.2, 0.25) is 0 Å². The molecule has 0 saturated carbocycles. The zero-order chi connectivity index (χ0) is 21.3. The molecule has 0 unspecified atom stereocenters. The summed E-state index contributed by atoms with van der Waals surface area (Å²) in [5.41, 5.74) is 3.41. The van der Waals surface area contributed by atoms with Gasteiger partial charge in [-0.15, -0.1) is 0 Å². The van der Waals surface area contributed by atoms with Crippen molar-refractivity contribution >= 4 is 38.6 Å². The summed E-state index contributed by atoms with van der Waals surface area (Å²) in [5, 5.41) is 2.72. The molecule has 7 nitrogen and oxygen atoms in total. The Morgan fingerprint density at radius 1 is 0.967 bits per heavy atom. The van der Waals surface area contributed by atoms with E-state index in [0.29, 0.717) is 17.2 Å². The zero-order valence-electron chi connectivity index (χ0n) is 16.5. The molecule has 2 N–H and O–H groups in total. The van der Waals surface area contributed by atoms with E-state index in [1.165, 1.54) is 11.4 Å². The highest BCUT2D eigenvalue weighted by Crippen LogP contribution is 2.23. The molecule has 0 spiro atoms. The minimum atomic E-state index is -3.69. The normalized spacial score (nSPS) is 11.4. The Morgan fingerprint density at radius 2 is 1.63 bits per heavy atom. The van der Waals surface area contributed by atoms with Crippen LogP contribution in [-0.2, 0) is 10.0 Å². The Bertz CT molecular complexity index is 1280. The number of hydrogen-bond acceptors (Lipinski definition) is 4. The maximum Gasteiger partial charge on any atom is 0.264 e. The van der Waals surface area contributed by atoms with Gasteiger partial charge in [-0.3, -0.25) is 14.4 Å². The molecule has 4 aromatic rings. The maximum atomic E-state index is 12.8. The number of imidazole rings is 1. The first-order valence-electron chi connectivity index (χ1n) is 9.26. The topological polar surface area (TPSA) is 95.2 Å². The first-order valence-corrected chi connectivity index (χ1v) is 10.7. The van der Waals surface area contributed by atoms with E-state index in [1.807, 2.05) is 31.2 Å². The van der Waals surface area contributed by atoms with E-state index in [2.05, 4.69) is 15.3 Å². The number of fused-ring (bicyclic) bond motifs is 1.